The Balaban J connectivity index is 1.81. The first-order valence-corrected chi connectivity index (χ1v) is 8.58. The minimum absolute atomic E-state index is 0.129. The van der Waals surface area contributed by atoms with Gasteiger partial charge in [-0.05, 0) is 19.1 Å². The number of aromatic nitrogens is 2. The Morgan fingerprint density at radius 3 is 2.56 bits per heavy atom. The second-order valence-corrected chi connectivity index (χ2v) is 5.82. The van der Waals surface area contributed by atoms with E-state index in [4.69, 9.17) is 4.74 Å². The average Bonchev–Trinajstić information content (AvgIpc) is 2.69. The monoisotopic (exact) mass is 372 g/mol. The Hall–Kier alpha value is -3.43. The summed E-state index contributed by atoms with van der Waals surface area (Å²) in [5.41, 5.74) is 0.503. The number of rotatable bonds is 5. The minimum atomic E-state index is -0.488. The lowest BCUT2D eigenvalue weighted by atomic mass is 10.3. The van der Waals surface area contributed by atoms with Gasteiger partial charge in [0.2, 0.25) is 11.6 Å². The zero-order chi connectivity index (χ0) is 19.2. The van der Waals surface area contributed by atoms with Gasteiger partial charge in [0.25, 0.3) is 0 Å². The molecule has 1 aliphatic heterocycles. The number of para-hydroxylation sites is 1. The Labute approximate surface area is 155 Å². The minimum Gasteiger partial charge on any atom is -0.450 e. The molecule has 0 spiro atoms. The molecular weight excluding hydrogens is 352 g/mol. The number of benzene rings is 1. The van der Waals surface area contributed by atoms with Gasteiger partial charge >= 0.3 is 11.8 Å². The Bertz CT molecular complexity index is 808. The molecule has 10 nitrogen and oxygen atoms in total. The van der Waals surface area contributed by atoms with Gasteiger partial charge in [0.05, 0.1) is 11.5 Å². The molecule has 0 atom stereocenters. The van der Waals surface area contributed by atoms with Crippen LogP contribution in [0.3, 0.4) is 0 Å². The molecule has 1 aliphatic rings. The molecule has 3 rings (SSSR count). The molecule has 0 saturated carbocycles. The van der Waals surface area contributed by atoms with E-state index in [1.165, 1.54) is 6.33 Å². The maximum absolute atomic E-state index is 11.8. The third-order valence-corrected chi connectivity index (χ3v) is 4.13. The lowest BCUT2D eigenvalue weighted by Crippen LogP contribution is -2.49. The van der Waals surface area contributed by atoms with Crippen LogP contribution in [0.1, 0.15) is 6.92 Å². The van der Waals surface area contributed by atoms with Crippen molar-refractivity contribution in [3.63, 3.8) is 0 Å². The molecule has 2 aromatic rings. The summed E-state index contributed by atoms with van der Waals surface area (Å²) in [7, 11) is 0. The maximum Gasteiger partial charge on any atom is 0.409 e. The van der Waals surface area contributed by atoms with Crippen molar-refractivity contribution in [3.05, 3.63) is 46.8 Å². The number of carbonyl (C=O) groups excluding carboxylic acids is 1. The number of anilines is 3. The molecule has 1 aromatic heterocycles. The van der Waals surface area contributed by atoms with Crippen molar-refractivity contribution in [2.75, 3.05) is 43.0 Å². The van der Waals surface area contributed by atoms with E-state index in [-0.39, 0.29) is 23.4 Å². The van der Waals surface area contributed by atoms with Gasteiger partial charge in [-0.25, -0.2) is 14.8 Å². The van der Waals surface area contributed by atoms with Gasteiger partial charge in [-0.15, -0.1) is 0 Å². The SMILES string of the molecule is CCOC(=O)N1CCN(c2ncnc(Nc3ccccc3)c2[N+](=O)[O-])CC1. The number of nitrogens with zero attached hydrogens (tertiary/aromatic N) is 5. The summed E-state index contributed by atoms with van der Waals surface area (Å²) in [5, 5.41) is 14.7. The van der Waals surface area contributed by atoms with E-state index in [9.17, 15) is 14.9 Å². The number of amides is 1. The van der Waals surface area contributed by atoms with E-state index in [1.54, 1.807) is 28.9 Å². The molecule has 0 bridgehead atoms. The first-order valence-electron chi connectivity index (χ1n) is 8.58. The van der Waals surface area contributed by atoms with Crippen LogP contribution < -0.4 is 10.2 Å². The fourth-order valence-electron chi connectivity index (χ4n) is 2.83. The predicted molar refractivity (Wildman–Crippen MR) is 99.2 cm³/mol. The highest BCUT2D eigenvalue weighted by molar-refractivity contribution is 5.75. The van der Waals surface area contributed by atoms with Crippen molar-refractivity contribution in [1.82, 2.24) is 14.9 Å². The standard InChI is InChI=1S/C17H20N6O4/c1-2-27-17(24)22-10-8-21(9-11-22)16-14(23(25)26)15(18-12-19-16)20-13-6-4-3-5-7-13/h3-7,12H,2,8-11H2,1H3,(H,18,19,20). The third-order valence-electron chi connectivity index (χ3n) is 4.13. The first kappa shape index (κ1) is 18.4. The molecule has 2 heterocycles. The number of nitrogens with one attached hydrogen (secondary N) is 1. The molecule has 142 valence electrons. The van der Waals surface area contributed by atoms with Crippen molar-refractivity contribution in [2.45, 2.75) is 6.92 Å². The molecule has 1 N–H and O–H groups in total. The first-order chi connectivity index (χ1) is 13.1. The van der Waals surface area contributed by atoms with E-state index < -0.39 is 4.92 Å². The largest absolute Gasteiger partial charge is 0.450 e. The Kier molecular flexibility index (Phi) is 5.64. The summed E-state index contributed by atoms with van der Waals surface area (Å²) < 4.78 is 4.99. The predicted octanol–water partition coefficient (Wildman–Crippen LogP) is 2.41. The molecule has 0 aliphatic carbocycles. The van der Waals surface area contributed by atoms with E-state index in [0.29, 0.717) is 38.5 Å². The molecular formula is C17H20N6O4. The van der Waals surface area contributed by atoms with Crippen LogP contribution >= 0.6 is 0 Å². The zero-order valence-corrected chi connectivity index (χ0v) is 14.9. The van der Waals surface area contributed by atoms with Gasteiger partial charge in [0.1, 0.15) is 6.33 Å². The van der Waals surface area contributed by atoms with Crippen LogP contribution in [-0.2, 0) is 4.74 Å². The van der Waals surface area contributed by atoms with E-state index in [0.717, 1.165) is 0 Å². The van der Waals surface area contributed by atoms with Crippen LogP contribution in [0.5, 0.6) is 0 Å². The summed E-state index contributed by atoms with van der Waals surface area (Å²) in [4.78, 5) is 34.6. The summed E-state index contributed by atoms with van der Waals surface area (Å²) >= 11 is 0. The molecule has 1 amide bonds. The second kappa shape index (κ2) is 8.30. The quantitative estimate of drug-likeness (QED) is 0.629. The van der Waals surface area contributed by atoms with Crippen molar-refractivity contribution >= 4 is 29.1 Å². The lowest BCUT2D eigenvalue weighted by Gasteiger charge is -2.34. The van der Waals surface area contributed by atoms with Gasteiger partial charge < -0.3 is 19.9 Å². The van der Waals surface area contributed by atoms with Gasteiger partial charge in [-0.1, -0.05) is 18.2 Å². The van der Waals surface area contributed by atoms with Gasteiger partial charge in [-0.3, -0.25) is 10.1 Å². The normalized spacial score (nSPS) is 14.0. The van der Waals surface area contributed by atoms with Crippen LogP contribution in [-0.4, -0.2) is 58.7 Å². The van der Waals surface area contributed by atoms with E-state index >= 15 is 0 Å². The van der Waals surface area contributed by atoms with Crippen molar-refractivity contribution in [1.29, 1.82) is 0 Å². The number of nitro groups is 1. The number of hydrogen-bond donors (Lipinski definition) is 1. The maximum atomic E-state index is 11.8. The molecule has 1 aromatic carbocycles. The van der Waals surface area contributed by atoms with Crippen molar-refractivity contribution < 1.29 is 14.5 Å². The smallest absolute Gasteiger partial charge is 0.409 e. The highest BCUT2D eigenvalue weighted by Gasteiger charge is 2.30. The summed E-state index contributed by atoms with van der Waals surface area (Å²) in [6, 6.07) is 9.09. The number of ether oxygens (including phenoxy) is 1. The van der Waals surface area contributed by atoms with Crippen LogP contribution in [0.15, 0.2) is 36.7 Å². The Morgan fingerprint density at radius 2 is 1.93 bits per heavy atom. The third kappa shape index (κ3) is 4.22. The number of carbonyl (C=O) groups is 1. The fourth-order valence-corrected chi connectivity index (χ4v) is 2.83. The zero-order valence-electron chi connectivity index (χ0n) is 14.9. The summed E-state index contributed by atoms with van der Waals surface area (Å²) in [6.07, 6.45) is 0.923. The fraction of sp³-hybridized carbons (Fsp3) is 0.353. The second-order valence-electron chi connectivity index (χ2n) is 5.82. The summed E-state index contributed by atoms with van der Waals surface area (Å²) in [6.45, 7) is 3.70. The van der Waals surface area contributed by atoms with Crippen LogP contribution in [0.4, 0.5) is 27.8 Å². The van der Waals surface area contributed by atoms with Gasteiger partial charge in [-0.2, -0.15) is 0 Å². The highest BCUT2D eigenvalue weighted by atomic mass is 16.6. The van der Waals surface area contributed by atoms with Crippen molar-refractivity contribution in [3.8, 4) is 0 Å². The average molecular weight is 372 g/mol. The number of hydrogen-bond acceptors (Lipinski definition) is 8. The van der Waals surface area contributed by atoms with Gasteiger partial charge in [0.15, 0.2) is 0 Å². The molecule has 27 heavy (non-hydrogen) atoms. The van der Waals surface area contributed by atoms with E-state index in [1.807, 2.05) is 18.2 Å². The summed E-state index contributed by atoms with van der Waals surface area (Å²) in [5.74, 6) is 0.362. The van der Waals surface area contributed by atoms with Crippen LogP contribution in [0.25, 0.3) is 0 Å². The molecule has 0 radical (unpaired) electrons. The van der Waals surface area contributed by atoms with Crippen LogP contribution in [0, 0.1) is 10.1 Å². The van der Waals surface area contributed by atoms with E-state index in [2.05, 4.69) is 15.3 Å². The lowest BCUT2D eigenvalue weighted by molar-refractivity contribution is -0.383. The number of piperazine rings is 1. The molecule has 10 heteroatoms. The Morgan fingerprint density at radius 1 is 1.22 bits per heavy atom. The van der Waals surface area contributed by atoms with Crippen molar-refractivity contribution in [2.24, 2.45) is 0 Å². The highest BCUT2D eigenvalue weighted by Crippen LogP contribution is 2.33. The van der Waals surface area contributed by atoms with Crippen LogP contribution in [0.2, 0.25) is 0 Å². The molecule has 1 fully saturated rings. The molecule has 0 unspecified atom stereocenters. The molecule has 1 saturated heterocycles. The van der Waals surface area contributed by atoms with Gasteiger partial charge in [0, 0.05) is 31.9 Å². The topological polar surface area (TPSA) is 114 Å².